The highest BCUT2D eigenvalue weighted by Gasteiger charge is 2.45. The van der Waals surface area contributed by atoms with Crippen LogP contribution in [-0.2, 0) is 20.9 Å². The van der Waals surface area contributed by atoms with Crippen LogP contribution in [0.1, 0.15) is 48.1 Å². The molecule has 4 rings (SSSR count). The first-order valence-electron chi connectivity index (χ1n) is 13.2. The molecular weight excluding hydrogens is 494 g/mol. The molecule has 1 heterocycles. The monoisotopic (exact) mass is 529 g/mol. The molecule has 0 aliphatic carbocycles. The van der Waals surface area contributed by atoms with Crippen LogP contribution >= 0.6 is 0 Å². The van der Waals surface area contributed by atoms with Crippen LogP contribution in [0.25, 0.3) is 5.76 Å². The third kappa shape index (κ3) is 6.67. The number of Topliss-reactive ketones (excluding diaryl/α,β-unsaturated/α-hetero) is 1. The van der Waals surface area contributed by atoms with Crippen LogP contribution in [0.4, 0.5) is 0 Å². The summed E-state index contributed by atoms with van der Waals surface area (Å²) >= 11 is 0. The van der Waals surface area contributed by atoms with Crippen molar-refractivity contribution in [3.05, 3.63) is 101 Å². The summed E-state index contributed by atoms with van der Waals surface area (Å²) in [6.07, 6.45) is 1.99. The van der Waals surface area contributed by atoms with E-state index in [9.17, 15) is 14.7 Å². The average Bonchev–Trinajstić information content (AvgIpc) is 3.21. The molecule has 3 aromatic carbocycles. The van der Waals surface area contributed by atoms with Crippen LogP contribution in [-0.4, -0.2) is 48.6 Å². The minimum atomic E-state index is -0.748. The minimum Gasteiger partial charge on any atom is -0.507 e. The number of rotatable bonds is 12. The Bertz CT molecular complexity index is 1300. The van der Waals surface area contributed by atoms with Crippen molar-refractivity contribution in [3.8, 4) is 11.5 Å². The summed E-state index contributed by atoms with van der Waals surface area (Å²) in [6.45, 7) is 5.63. The van der Waals surface area contributed by atoms with Gasteiger partial charge in [0.25, 0.3) is 11.7 Å². The van der Waals surface area contributed by atoms with Gasteiger partial charge in [-0.15, -0.1) is 0 Å². The Morgan fingerprint density at radius 1 is 0.872 bits per heavy atom. The molecule has 0 saturated carbocycles. The standard InChI is InChI=1S/C32H35NO6/c1-4-5-19-38-26-14-10-24(11-15-26)29-28(31(35)32(36)33(29)18-20-37-3)30(34)25-12-16-27(17-13-25)39-21-23-8-6-22(2)7-9-23/h6-17,29,34H,4-5,18-21H2,1-3H3/b30-28-. The van der Waals surface area contributed by atoms with E-state index in [2.05, 4.69) is 6.92 Å². The molecule has 7 heteroatoms. The third-order valence-electron chi connectivity index (χ3n) is 6.69. The van der Waals surface area contributed by atoms with Gasteiger partial charge in [-0.1, -0.05) is 55.3 Å². The normalized spacial score (nSPS) is 16.5. The van der Waals surface area contributed by atoms with E-state index in [4.69, 9.17) is 14.2 Å². The van der Waals surface area contributed by atoms with Crippen LogP contribution in [0.15, 0.2) is 78.4 Å². The van der Waals surface area contributed by atoms with Crippen molar-refractivity contribution in [3.63, 3.8) is 0 Å². The Labute approximate surface area is 229 Å². The van der Waals surface area contributed by atoms with E-state index in [1.54, 1.807) is 24.3 Å². The molecular formula is C32H35NO6. The number of nitrogens with zero attached hydrogens (tertiary/aromatic N) is 1. The van der Waals surface area contributed by atoms with Crippen LogP contribution in [0.2, 0.25) is 0 Å². The molecule has 0 bridgehead atoms. The van der Waals surface area contributed by atoms with E-state index in [0.29, 0.717) is 35.8 Å². The number of carbonyl (C=O) groups is 2. The molecule has 3 aromatic rings. The number of carbonyl (C=O) groups excluding carboxylic acids is 2. The summed E-state index contributed by atoms with van der Waals surface area (Å²) in [6, 6.07) is 21.5. The number of benzene rings is 3. The van der Waals surface area contributed by atoms with Gasteiger partial charge in [0.15, 0.2) is 0 Å². The zero-order valence-electron chi connectivity index (χ0n) is 22.7. The lowest BCUT2D eigenvalue weighted by atomic mass is 9.95. The van der Waals surface area contributed by atoms with Gasteiger partial charge >= 0.3 is 0 Å². The molecule has 1 aliphatic rings. The molecule has 1 saturated heterocycles. The van der Waals surface area contributed by atoms with Gasteiger partial charge in [-0.3, -0.25) is 9.59 Å². The molecule has 0 aromatic heterocycles. The summed E-state index contributed by atoms with van der Waals surface area (Å²) in [5.74, 6) is -0.284. The predicted molar refractivity (Wildman–Crippen MR) is 150 cm³/mol. The van der Waals surface area contributed by atoms with Gasteiger partial charge in [-0.25, -0.2) is 0 Å². The van der Waals surface area contributed by atoms with Crippen molar-refractivity contribution in [2.75, 3.05) is 26.9 Å². The van der Waals surface area contributed by atoms with Crippen molar-refractivity contribution in [1.82, 2.24) is 4.90 Å². The van der Waals surface area contributed by atoms with Gasteiger partial charge < -0.3 is 24.2 Å². The zero-order chi connectivity index (χ0) is 27.8. The number of unbranched alkanes of at least 4 members (excludes halogenated alkanes) is 1. The molecule has 1 N–H and O–H groups in total. The fraction of sp³-hybridized carbons (Fsp3) is 0.312. The zero-order valence-corrected chi connectivity index (χ0v) is 22.7. The number of aliphatic hydroxyl groups excluding tert-OH is 1. The first-order chi connectivity index (χ1) is 18.9. The fourth-order valence-corrected chi connectivity index (χ4v) is 4.44. The van der Waals surface area contributed by atoms with Gasteiger partial charge in [-0.05, 0) is 60.9 Å². The lowest BCUT2D eigenvalue weighted by Gasteiger charge is -2.25. The Kier molecular flexibility index (Phi) is 9.39. The molecule has 204 valence electrons. The van der Waals surface area contributed by atoms with Crippen molar-refractivity contribution < 1.29 is 28.9 Å². The van der Waals surface area contributed by atoms with Gasteiger partial charge in [0, 0.05) is 19.2 Å². The van der Waals surface area contributed by atoms with E-state index in [0.717, 1.165) is 18.4 Å². The number of hydrogen-bond acceptors (Lipinski definition) is 6. The molecule has 1 amide bonds. The highest BCUT2D eigenvalue weighted by Crippen LogP contribution is 2.39. The smallest absolute Gasteiger partial charge is 0.295 e. The second-order valence-corrected chi connectivity index (χ2v) is 9.55. The highest BCUT2D eigenvalue weighted by molar-refractivity contribution is 6.46. The number of hydrogen-bond donors (Lipinski definition) is 1. The summed E-state index contributed by atoms with van der Waals surface area (Å²) in [4.78, 5) is 27.6. The molecule has 1 fully saturated rings. The summed E-state index contributed by atoms with van der Waals surface area (Å²) < 4.78 is 16.8. The topological polar surface area (TPSA) is 85.3 Å². The van der Waals surface area contributed by atoms with Crippen LogP contribution in [0.5, 0.6) is 11.5 Å². The predicted octanol–water partition coefficient (Wildman–Crippen LogP) is 5.82. The van der Waals surface area contributed by atoms with E-state index >= 15 is 0 Å². The van der Waals surface area contributed by atoms with Gasteiger partial charge in [-0.2, -0.15) is 0 Å². The van der Waals surface area contributed by atoms with Crippen molar-refractivity contribution in [2.24, 2.45) is 0 Å². The number of methoxy groups -OCH3 is 1. The average molecular weight is 530 g/mol. The summed E-state index contributed by atoms with van der Waals surface area (Å²) in [5, 5.41) is 11.3. The first-order valence-corrected chi connectivity index (χ1v) is 13.2. The van der Waals surface area contributed by atoms with Gasteiger partial charge in [0.1, 0.15) is 23.9 Å². The summed E-state index contributed by atoms with van der Waals surface area (Å²) in [5.41, 5.74) is 3.40. The minimum absolute atomic E-state index is 0.0454. The number of likely N-dealkylation sites (tertiary alicyclic amines) is 1. The lowest BCUT2D eigenvalue weighted by molar-refractivity contribution is -0.140. The molecule has 39 heavy (non-hydrogen) atoms. The highest BCUT2D eigenvalue weighted by atomic mass is 16.5. The lowest BCUT2D eigenvalue weighted by Crippen LogP contribution is -2.32. The second kappa shape index (κ2) is 13.1. The third-order valence-corrected chi connectivity index (χ3v) is 6.69. The van der Waals surface area contributed by atoms with E-state index in [-0.39, 0.29) is 24.5 Å². The largest absolute Gasteiger partial charge is 0.507 e. The number of aliphatic hydroxyl groups is 1. The summed E-state index contributed by atoms with van der Waals surface area (Å²) in [7, 11) is 1.54. The fourth-order valence-electron chi connectivity index (χ4n) is 4.44. The Balaban J connectivity index is 1.60. The Morgan fingerprint density at radius 3 is 2.15 bits per heavy atom. The molecule has 7 nitrogen and oxygen atoms in total. The Hall–Kier alpha value is -4.10. The van der Waals surface area contributed by atoms with E-state index in [1.807, 2.05) is 55.5 Å². The molecule has 0 spiro atoms. The van der Waals surface area contributed by atoms with Crippen LogP contribution in [0, 0.1) is 6.92 Å². The SMILES string of the molecule is CCCCOc1ccc(C2/C(=C(/O)c3ccc(OCc4ccc(C)cc4)cc3)C(=O)C(=O)N2CCOC)cc1. The number of aryl methyl sites for hydroxylation is 1. The van der Waals surface area contributed by atoms with Crippen LogP contribution < -0.4 is 9.47 Å². The first kappa shape index (κ1) is 27.9. The van der Waals surface area contributed by atoms with Gasteiger partial charge in [0.2, 0.25) is 0 Å². The molecule has 0 radical (unpaired) electrons. The number of amides is 1. The maximum Gasteiger partial charge on any atom is 0.295 e. The Morgan fingerprint density at radius 2 is 1.51 bits per heavy atom. The van der Waals surface area contributed by atoms with Gasteiger partial charge in [0.05, 0.1) is 24.8 Å². The second-order valence-electron chi connectivity index (χ2n) is 9.55. The van der Waals surface area contributed by atoms with E-state index < -0.39 is 17.7 Å². The number of ketones is 1. The van der Waals surface area contributed by atoms with Crippen LogP contribution in [0.3, 0.4) is 0 Å². The van der Waals surface area contributed by atoms with E-state index in [1.165, 1.54) is 17.6 Å². The quantitative estimate of drug-likeness (QED) is 0.138. The van der Waals surface area contributed by atoms with Crippen molar-refractivity contribution in [1.29, 1.82) is 0 Å². The molecule has 1 unspecified atom stereocenters. The molecule has 1 aliphatic heterocycles. The maximum atomic E-state index is 13.2. The van der Waals surface area contributed by atoms with Crippen molar-refractivity contribution in [2.45, 2.75) is 39.3 Å². The maximum absolute atomic E-state index is 13.2. The van der Waals surface area contributed by atoms with Crippen molar-refractivity contribution >= 4 is 17.4 Å². The molecule has 1 atom stereocenters. The number of ether oxygens (including phenoxy) is 3.